The summed E-state index contributed by atoms with van der Waals surface area (Å²) < 4.78 is 118. The molecule has 3 unspecified atom stereocenters. The Balaban J connectivity index is -0.000000671. The molecule has 0 amide bonds. The molecule has 2 saturated heterocycles. The van der Waals surface area contributed by atoms with Crippen LogP contribution in [-0.2, 0) is 44.3 Å². The van der Waals surface area contributed by atoms with Gasteiger partial charge in [0, 0.05) is 58.9 Å². The number of alkyl halides is 4. The first-order valence-electron chi connectivity index (χ1n) is 11.5. The minimum Gasteiger partial charge on any atom is -0.741 e. The summed E-state index contributed by atoms with van der Waals surface area (Å²) in [6.07, 6.45) is 2.31. The van der Waals surface area contributed by atoms with E-state index in [-0.39, 0.29) is 39.6 Å². The molecule has 245 valence electrons. The summed E-state index contributed by atoms with van der Waals surface area (Å²) in [7, 11) is -10.0. The third-order valence-electron chi connectivity index (χ3n) is 5.58. The monoisotopic (exact) mass is 750 g/mol. The molecule has 0 aliphatic carbocycles. The van der Waals surface area contributed by atoms with Gasteiger partial charge < -0.3 is 24.2 Å². The zero-order valence-corrected chi connectivity index (χ0v) is 26.8. The van der Waals surface area contributed by atoms with E-state index in [1.807, 2.05) is 0 Å². The van der Waals surface area contributed by atoms with Gasteiger partial charge in [-0.1, -0.05) is 0 Å². The molecule has 1 radical (unpaired) electrons. The zero-order chi connectivity index (χ0) is 30.1. The molecule has 2 rings (SSSR count). The second-order valence-corrected chi connectivity index (χ2v) is 13.0. The second-order valence-electron chi connectivity index (χ2n) is 9.22. The second kappa shape index (κ2) is 17.4. The van der Waals surface area contributed by atoms with Crippen LogP contribution in [0, 0.1) is 0 Å². The Morgan fingerprint density at radius 3 is 1.43 bits per heavy atom. The van der Waals surface area contributed by atoms with E-state index >= 15 is 0 Å². The van der Waals surface area contributed by atoms with E-state index in [2.05, 4.69) is 45.6 Å². The Kier molecular flexibility index (Phi) is 19.6. The van der Waals surface area contributed by atoms with Gasteiger partial charge in [0.05, 0.1) is 5.50 Å². The fraction of sp³-hybridized carbons (Fsp3) is 1.00. The van der Waals surface area contributed by atoms with Crippen LogP contribution in [0.1, 0.15) is 12.8 Å². The van der Waals surface area contributed by atoms with Crippen LogP contribution in [0.25, 0.3) is 0 Å². The van der Waals surface area contributed by atoms with Gasteiger partial charge in [0.15, 0.2) is 10.1 Å². The molecule has 2 aliphatic heterocycles. The normalized spacial score (nSPS) is 27.1. The van der Waals surface area contributed by atoms with Crippen LogP contribution in [0.5, 0.6) is 0 Å². The topological polar surface area (TPSA) is 73.4 Å². The summed E-state index contributed by atoms with van der Waals surface area (Å²) in [5.74, 6) is 0. The van der Waals surface area contributed by atoms with E-state index in [9.17, 15) is 38.4 Å². The summed E-state index contributed by atoms with van der Waals surface area (Å²) in [5.41, 5.74) is -5.49. The number of nitrogens with zero attached hydrogens (tertiary/aromatic N) is 5. The molecule has 0 aromatic heterocycles. The minimum absolute atomic E-state index is 0. The predicted octanol–water partition coefficient (Wildman–Crippen LogP) is 4.19. The molecule has 0 aromatic carbocycles. The van der Waals surface area contributed by atoms with Gasteiger partial charge in [-0.15, -0.1) is 11.6 Å². The molecule has 2 fully saturated rings. The molecule has 8 nitrogen and oxygen atoms in total. The summed E-state index contributed by atoms with van der Waals surface area (Å²) in [6, 6.07) is 0. The molecule has 3 atom stereocenters. The SMILES string of the molecule is CN1CCC(Cl)N2CCN(C)CCCN(CC1)CCN(C)CC2.F[P-](F)(F)(F)(F)F.O=S(=O)([O-])C(F)(F)F.[Fe+2].[Mn+2]. The van der Waals surface area contributed by atoms with E-state index < -0.39 is 23.4 Å². The average molecular weight is 751 g/mol. The number of fused-ring (bicyclic) bond motifs is 6. The first-order chi connectivity index (χ1) is 16.7. The van der Waals surface area contributed by atoms with Crippen molar-refractivity contribution in [2.75, 3.05) is 93.1 Å². The van der Waals surface area contributed by atoms with Crippen molar-refractivity contribution in [1.82, 2.24) is 24.5 Å². The molecular weight excluding hydrogens is 714 g/mol. The fourth-order valence-corrected chi connectivity index (χ4v) is 3.65. The molecule has 0 saturated carbocycles. The van der Waals surface area contributed by atoms with Gasteiger partial charge in [-0.25, -0.2) is 8.42 Å². The van der Waals surface area contributed by atoms with Crippen molar-refractivity contribution >= 4 is 29.5 Å². The van der Waals surface area contributed by atoms with Gasteiger partial charge in [-0.05, 0) is 47.1 Å². The smallest absolute Gasteiger partial charge is 0.741 e. The molecule has 2 bridgehead atoms. The third-order valence-corrected chi connectivity index (χ3v) is 6.64. The summed E-state index contributed by atoms with van der Waals surface area (Å²) in [6.45, 7) is 12.5. The number of rotatable bonds is 0. The van der Waals surface area contributed by atoms with E-state index in [4.69, 9.17) is 24.6 Å². The molecular formula is C18H36ClF9FeMnN5O3PS+2. The summed E-state index contributed by atoms with van der Waals surface area (Å²) in [5, 5.41) is 0. The molecule has 0 aromatic rings. The van der Waals surface area contributed by atoms with E-state index in [1.54, 1.807) is 0 Å². The van der Waals surface area contributed by atoms with Crippen LogP contribution in [0.3, 0.4) is 0 Å². The summed E-state index contributed by atoms with van der Waals surface area (Å²) in [4.78, 5) is 12.5. The van der Waals surface area contributed by atoms with Crippen molar-refractivity contribution in [3.05, 3.63) is 0 Å². The van der Waals surface area contributed by atoms with Gasteiger partial charge in [0.25, 0.3) is 0 Å². The standard InChI is InChI=1S/C17H36ClN5.CHF3O3S.F6P.Fe.Mn/c1-19-6-4-7-22-13-9-20(2)8-5-17(18)23(15-11-19)16-12-21(3)10-14-22;2-1(3,4)8(5,6)7;1-7(2,3,4,5)6;;/h17H,4-16H2,1-3H3;(H,5,6,7);;;/q;;-1;2*+2/p-1. The van der Waals surface area contributed by atoms with Crippen LogP contribution in [0.2, 0.25) is 0 Å². The van der Waals surface area contributed by atoms with E-state index in [1.165, 1.54) is 32.6 Å². The van der Waals surface area contributed by atoms with Crippen molar-refractivity contribution in [1.29, 1.82) is 0 Å². The maximum atomic E-state index is 10.7. The quantitative estimate of drug-likeness (QED) is 0.0535. The Morgan fingerprint density at radius 1 is 0.725 bits per heavy atom. The maximum Gasteiger partial charge on any atom is 2.00 e. The molecule has 0 spiro atoms. The van der Waals surface area contributed by atoms with Gasteiger partial charge in [0.2, 0.25) is 0 Å². The number of hydrogen-bond acceptors (Lipinski definition) is 8. The molecule has 2 aliphatic rings. The average Bonchev–Trinajstić information content (AvgIpc) is 2.71. The molecule has 0 N–H and O–H groups in total. The van der Waals surface area contributed by atoms with Crippen LogP contribution in [-0.4, -0.2) is 142 Å². The largest absolute Gasteiger partial charge is 2.00 e. The Hall–Kier alpha value is 0.839. The minimum atomic E-state index is -10.7. The predicted molar refractivity (Wildman–Crippen MR) is 129 cm³/mol. The first kappa shape index (κ1) is 45.3. The summed E-state index contributed by atoms with van der Waals surface area (Å²) >= 11 is 6.75. The fourth-order valence-electron chi connectivity index (χ4n) is 3.36. The van der Waals surface area contributed by atoms with Crippen molar-refractivity contribution < 1.29 is 85.5 Å². The number of hydrogen-bond donors (Lipinski definition) is 0. The van der Waals surface area contributed by atoms with Gasteiger partial charge >= 0.3 is 72.6 Å². The van der Waals surface area contributed by atoms with Crippen LogP contribution < -0.4 is 0 Å². The number of halogens is 10. The van der Waals surface area contributed by atoms with Crippen LogP contribution in [0.4, 0.5) is 38.4 Å². The van der Waals surface area contributed by atoms with Crippen molar-refractivity contribution in [2.24, 2.45) is 0 Å². The van der Waals surface area contributed by atoms with Gasteiger partial charge in [0.1, 0.15) is 0 Å². The van der Waals surface area contributed by atoms with Gasteiger partial charge in [-0.2, -0.15) is 13.2 Å². The zero-order valence-electron chi connectivity index (χ0n) is 22.1. The van der Waals surface area contributed by atoms with E-state index in [0.29, 0.717) is 0 Å². The maximum absolute atomic E-state index is 10.7. The Labute approximate surface area is 255 Å². The van der Waals surface area contributed by atoms with Crippen molar-refractivity contribution in [3.8, 4) is 0 Å². The van der Waals surface area contributed by atoms with Gasteiger partial charge in [-0.3, -0.25) is 4.90 Å². The first-order valence-corrected chi connectivity index (χ1v) is 15.4. The van der Waals surface area contributed by atoms with Crippen LogP contribution >= 0.6 is 19.4 Å². The van der Waals surface area contributed by atoms with Crippen molar-refractivity contribution in [3.63, 3.8) is 0 Å². The molecule has 40 heavy (non-hydrogen) atoms. The Bertz CT molecular complexity index is 810. The van der Waals surface area contributed by atoms with Crippen LogP contribution in [0.15, 0.2) is 0 Å². The molecule has 22 heteroatoms. The number of likely N-dealkylation sites (N-methyl/N-ethyl adjacent to an activating group) is 3. The molecule has 2 heterocycles. The Morgan fingerprint density at radius 2 is 1.05 bits per heavy atom. The third kappa shape index (κ3) is 27.7. The van der Waals surface area contributed by atoms with E-state index in [0.717, 1.165) is 52.2 Å². The van der Waals surface area contributed by atoms with Crippen molar-refractivity contribution in [2.45, 2.75) is 23.9 Å².